The lowest BCUT2D eigenvalue weighted by Gasteiger charge is -2.33. The van der Waals surface area contributed by atoms with Crippen LogP contribution in [-0.2, 0) is 4.79 Å². The van der Waals surface area contributed by atoms with Gasteiger partial charge in [-0.1, -0.05) is 0 Å². The van der Waals surface area contributed by atoms with Crippen LogP contribution in [0.4, 0.5) is 4.79 Å². The van der Waals surface area contributed by atoms with Crippen molar-refractivity contribution in [1.82, 2.24) is 20.0 Å². The molecule has 0 radical (unpaired) electrons. The molecule has 0 atom stereocenters. The summed E-state index contributed by atoms with van der Waals surface area (Å²) in [5.41, 5.74) is 0. The molecule has 3 amide bonds. The van der Waals surface area contributed by atoms with Gasteiger partial charge in [-0.15, -0.1) is 0 Å². The second kappa shape index (κ2) is 9.11. The summed E-state index contributed by atoms with van der Waals surface area (Å²) >= 11 is 0. The highest BCUT2D eigenvalue weighted by atomic mass is 16.2. The van der Waals surface area contributed by atoms with E-state index < -0.39 is 0 Å². The quantitative estimate of drug-likeness (QED) is 0.807. The molecule has 6 heteroatoms. The van der Waals surface area contributed by atoms with Gasteiger partial charge in [0.05, 0.1) is 0 Å². The van der Waals surface area contributed by atoms with E-state index in [1.807, 2.05) is 4.90 Å². The van der Waals surface area contributed by atoms with E-state index in [1.54, 1.807) is 19.0 Å². The van der Waals surface area contributed by atoms with E-state index >= 15 is 0 Å². The average molecular weight is 326 g/mol. The average Bonchev–Trinajstić information content (AvgIpc) is 2.49. The van der Waals surface area contributed by atoms with Gasteiger partial charge in [0.15, 0.2) is 0 Å². The summed E-state index contributed by atoms with van der Waals surface area (Å²) in [4.78, 5) is 30.0. The summed E-state index contributed by atoms with van der Waals surface area (Å²) in [6, 6.07) is 0.993. The number of hydrogen-bond donors (Lipinski definition) is 1. The Bertz CT molecular complexity index is 380. The molecule has 0 saturated carbocycles. The first-order chi connectivity index (χ1) is 10.7. The van der Waals surface area contributed by atoms with E-state index in [0.717, 1.165) is 19.4 Å². The third kappa shape index (κ3) is 6.01. The van der Waals surface area contributed by atoms with Crippen LogP contribution in [0.3, 0.4) is 0 Å². The Morgan fingerprint density at radius 3 is 2.04 bits per heavy atom. The first-order valence-electron chi connectivity index (χ1n) is 8.73. The Morgan fingerprint density at radius 2 is 1.61 bits per heavy atom. The Labute approximate surface area is 141 Å². The van der Waals surface area contributed by atoms with Gasteiger partial charge in [0.1, 0.15) is 0 Å². The van der Waals surface area contributed by atoms with E-state index in [4.69, 9.17) is 0 Å². The molecule has 23 heavy (non-hydrogen) atoms. The predicted octanol–water partition coefficient (Wildman–Crippen LogP) is 1.62. The Morgan fingerprint density at radius 1 is 1.09 bits per heavy atom. The maximum absolute atomic E-state index is 12.3. The molecular formula is C17H34N4O2. The number of urea groups is 1. The van der Waals surface area contributed by atoms with Crippen LogP contribution in [0.1, 0.15) is 40.5 Å². The molecule has 1 rings (SSSR count). The number of amides is 3. The van der Waals surface area contributed by atoms with Crippen LogP contribution in [-0.4, -0.2) is 79.0 Å². The summed E-state index contributed by atoms with van der Waals surface area (Å²) in [5.74, 6) is 0.169. The smallest absolute Gasteiger partial charge is 0.319 e. The summed E-state index contributed by atoms with van der Waals surface area (Å²) in [5, 5.41) is 3.06. The molecule has 1 fully saturated rings. The van der Waals surface area contributed by atoms with Crippen molar-refractivity contribution < 1.29 is 9.59 Å². The maximum atomic E-state index is 12.3. The van der Waals surface area contributed by atoms with Gasteiger partial charge < -0.3 is 15.1 Å². The fourth-order valence-corrected chi connectivity index (χ4v) is 3.18. The standard InChI is InChI=1S/C17H34N4O2/c1-13(2)21(14(3)4)12-9-18-16(22)15-7-10-20(11-8-15)17(23)19(5)6/h13-15H,7-12H2,1-6H3,(H,18,22). The molecule has 0 unspecified atom stereocenters. The van der Waals surface area contributed by atoms with Crippen LogP contribution < -0.4 is 5.32 Å². The van der Waals surface area contributed by atoms with Crippen molar-refractivity contribution in [1.29, 1.82) is 0 Å². The zero-order chi connectivity index (χ0) is 17.6. The molecule has 1 N–H and O–H groups in total. The van der Waals surface area contributed by atoms with Crippen molar-refractivity contribution in [2.75, 3.05) is 40.3 Å². The first-order valence-corrected chi connectivity index (χ1v) is 8.73. The zero-order valence-corrected chi connectivity index (χ0v) is 15.6. The topological polar surface area (TPSA) is 55.9 Å². The molecule has 1 aliphatic heterocycles. The fraction of sp³-hybridized carbons (Fsp3) is 0.882. The molecule has 134 valence electrons. The number of hydrogen-bond acceptors (Lipinski definition) is 3. The highest BCUT2D eigenvalue weighted by molar-refractivity contribution is 5.79. The van der Waals surface area contributed by atoms with Crippen molar-refractivity contribution in [3.63, 3.8) is 0 Å². The van der Waals surface area contributed by atoms with Crippen LogP contribution in [0.25, 0.3) is 0 Å². The highest BCUT2D eigenvalue weighted by Gasteiger charge is 2.27. The number of carbonyl (C=O) groups is 2. The fourth-order valence-electron chi connectivity index (χ4n) is 3.18. The Hall–Kier alpha value is -1.30. The lowest BCUT2D eigenvalue weighted by atomic mass is 9.96. The van der Waals surface area contributed by atoms with Crippen LogP contribution in [0, 0.1) is 5.92 Å². The van der Waals surface area contributed by atoms with Crippen molar-refractivity contribution in [3.05, 3.63) is 0 Å². The maximum Gasteiger partial charge on any atom is 0.319 e. The van der Waals surface area contributed by atoms with Crippen LogP contribution in [0.5, 0.6) is 0 Å². The molecule has 1 aliphatic rings. The van der Waals surface area contributed by atoms with Crippen LogP contribution in [0.15, 0.2) is 0 Å². The second-order valence-corrected chi connectivity index (χ2v) is 7.15. The van der Waals surface area contributed by atoms with E-state index in [9.17, 15) is 9.59 Å². The number of rotatable bonds is 6. The van der Waals surface area contributed by atoms with Gasteiger partial charge in [0.2, 0.25) is 5.91 Å². The first kappa shape index (κ1) is 19.7. The number of piperidine rings is 1. The lowest BCUT2D eigenvalue weighted by molar-refractivity contribution is -0.126. The van der Waals surface area contributed by atoms with Crippen molar-refractivity contribution in [3.8, 4) is 0 Å². The molecular weight excluding hydrogens is 292 g/mol. The van der Waals surface area contributed by atoms with E-state index in [-0.39, 0.29) is 17.9 Å². The summed E-state index contributed by atoms with van der Waals surface area (Å²) in [6.45, 7) is 11.6. The second-order valence-electron chi connectivity index (χ2n) is 7.15. The summed E-state index contributed by atoms with van der Waals surface area (Å²) in [7, 11) is 3.52. The molecule has 6 nitrogen and oxygen atoms in total. The molecule has 0 aromatic heterocycles. The van der Waals surface area contributed by atoms with Crippen LogP contribution >= 0.6 is 0 Å². The zero-order valence-electron chi connectivity index (χ0n) is 15.6. The summed E-state index contributed by atoms with van der Waals surface area (Å²) < 4.78 is 0. The van der Waals surface area contributed by atoms with Crippen molar-refractivity contribution in [2.45, 2.75) is 52.6 Å². The van der Waals surface area contributed by atoms with Gasteiger partial charge in [-0.2, -0.15) is 0 Å². The third-order valence-electron chi connectivity index (χ3n) is 4.51. The molecule has 0 aromatic rings. The minimum atomic E-state index is 0.0350. The number of carbonyl (C=O) groups excluding carboxylic acids is 2. The van der Waals surface area contributed by atoms with Gasteiger partial charge in [-0.05, 0) is 40.5 Å². The highest BCUT2D eigenvalue weighted by Crippen LogP contribution is 2.18. The number of likely N-dealkylation sites (tertiary alicyclic amines) is 1. The van der Waals surface area contributed by atoms with Gasteiger partial charge in [0, 0.05) is 58.3 Å². The number of nitrogens with one attached hydrogen (secondary N) is 1. The Kier molecular flexibility index (Phi) is 7.82. The molecule has 1 heterocycles. The molecule has 0 bridgehead atoms. The number of nitrogens with zero attached hydrogens (tertiary/aromatic N) is 3. The normalized spacial score (nSPS) is 16.3. The monoisotopic (exact) mass is 326 g/mol. The molecule has 1 saturated heterocycles. The minimum absolute atomic E-state index is 0.0350. The van der Waals surface area contributed by atoms with Gasteiger partial charge in [-0.3, -0.25) is 9.69 Å². The van der Waals surface area contributed by atoms with Gasteiger partial charge in [0.25, 0.3) is 0 Å². The Balaban J connectivity index is 2.33. The molecule has 0 aromatic carbocycles. The van der Waals surface area contributed by atoms with E-state index in [2.05, 4.69) is 37.9 Å². The minimum Gasteiger partial charge on any atom is -0.355 e. The largest absolute Gasteiger partial charge is 0.355 e. The van der Waals surface area contributed by atoms with E-state index in [0.29, 0.717) is 31.7 Å². The lowest BCUT2D eigenvalue weighted by Crippen LogP contribution is -2.47. The van der Waals surface area contributed by atoms with Crippen molar-refractivity contribution in [2.24, 2.45) is 5.92 Å². The summed E-state index contributed by atoms with van der Waals surface area (Å²) in [6.07, 6.45) is 1.51. The van der Waals surface area contributed by atoms with Crippen LogP contribution in [0.2, 0.25) is 0 Å². The van der Waals surface area contributed by atoms with Gasteiger partial charge in [-0.25, -0.2) is 4.79 Å². The molecule has 0 spiro atoms. The third-order valence-corrected chi connectivity index (χ3v) is 4.51. The molecule has 0 aliphatic carbocycles. The van der Waals surface area contributed by atoms with E-state index in [1.165, 1.54) is 0 Å². The SMILES string of the molecule is CC(C)N(CCNC(=O)C1CCN(C(=O)N(C)C)CC1)C(C)C. The van der Waals surface area contributed by atoms with Gasteiger partial charge >= 0.3 is 6.03 Å². The van der Waals surface area contributed by atoms with Crippen molar-refractivity contribution >= 4 is 11.9 Å². The predicted molar refractivity (Wildman–Crippen MR) is 93.4 cm³/mol.